The Morgan fingerprint density at radius 2 is 2.33 bits per heavy atom. The minimum absolute atomic E-state index is 0.00656. The molecule has 68 valence electrons. The van der Waals surface area contributed by atoms with Gasteiger partial charge in [-0.15, -0.1) is 11.6 Å². The van der Waals surface area contributed by atoms with Crippen LogP contribution in [0.2, 0.25) is 0 Å². The van der Waals surface area contributed by atoms with Crippen molar-refractivity contribution in [1.82, 2.24) is 20.9 Å². The number of fused-ring (bicyclic) bond motifs is 1. The van der Waals surface area contributed by atoms with E-state index < -0.39 is 0 Å². The molecule has 0 bridgehead atoms. The standard InChI is InChI=1S/C6H11ClN4O/c1-11-3-4(7)8-2-9-5(3)10-6(11)12/h3-5,8-9H,2H2,1H3,(H,10,12). The number of nitrogens with zero attached hydrogens (tertiary/aromatic N) is 1. The average Bonchev–Trinajstić information content (AvgIpc) is 2.29. The highest BCUT2D eigenvalue weighted by atomic mass is 35.5. The number of hydrogen-bond donors (Lipinski definition) is 3. The van der Waals surface area contributed by atoms with Crippen LogP contribution in [0, 0.1) is 0 Å². The van der Waals surface area contributed by atoms with Crippen LogP contribution in [0.15, 0.2) is 0 Å². The average molecular weight is 191 g/mol. The Morgan fingerprint density at radius 1 is 1.58 bits per heavy atom. The lowest BCUT2D eigenvalue weighted by atomic mass is 10.2. The van der Waals surface area contributed by atoms with Gasteiger partial charge in [-0.25, -0.2) is 4.79 Å². The van der Waals surface area contributed by atoms with Gasteiger partial charge in [-0.3, -0.25) is 10.6 Å². The fourth-order valence-electron chi connectivity index (χ4n) is 1.60. The summed E-state index contributed by atoms with van der Waals surface area (Å²) in [6.07, 6.45) is -0.0220. The number of carbonyl (C=O) groups excluding carboxylic acids is 1. The minimum atomic E-state index is -0.180. The topological polar surface area (TPSA) is 56.4 Å². The summed E-state index contributed by atoms with van der Waals surface area (Å²) in [4.78, 5) is 12.8. The molecule has 0 aromatic rings. The maximum absolute atomic E-state index is 11.2. The smallest absolute Gasteiger partial charge is 0.318 e. The van der Waals surface area contributed by atoms with Gasteiger partial charge in [0.05, 0.1) is 6.04 Å². The molecule has 2 aliphatic rings. The van der Waals surface area contributed by atoms with Crippen LogP contribution in [0.1, 0.15) is 0 Å². The summed E-state index contributed by atoms with van der Waals surface area (Å²) < 4.78 is 0. The lowest BCUT2D eigenvalue weighted by molar-refractivity contribution is 0.201. The normalized spacial score (nSPS) is 41.0. The molecule has 5 nitrogen and oxygen atoms in total. The Hall–Kier alpha value is -0.520. The molecule has 2 rings (SSSR count). The van der Waals surface area contributed by atoms with E-state index in [1.165, 1.54) is 0 Å². The predicted octanol–water partition coefficient (Wildman–Crippen LogP) is -0.949. The van der Waals surface area contributed by atoms with Gasteiger partial charge in [-0.1, -0.05) is 0 Å². The lowest BCUT2D eigenvalue weighted by Crippen LogP contribution is -2.62. The predicted molar refractivity (Wildman–Crippen MR) is 44.7 cm³/mol. The van der Waals surface area contributed by atoms with Crippen LogP contribution in [-0.4, -0.2) is 42.4 Å². The molecule has 2 saturated heterocycles. The van der Waals surface area contributed by atoms with E-state index in [0.29, 0.717) is 6.67 Å². The number of urea groups is 1. The van der Waals surface area contributed by atoms with Crippen LogP contribution in [0.4, 0.5) is 4.79 Å². The fourth-order valence-corrected chi connectivity index (χ4v) is 2.00. The van der Waals surface area contributed by atoms with Crippen LogP contribution in [-0.2, 0) is 0 Å². The molecule has 12 heavy (non-hydrogen) atoms. The van der Waals surface area contributed by atoms with Crippen LogP contribution >= 0.6 is 11.6 Å². The van der Waals surface area contributed by atoms with Gasteiger partial charge >= 0.3 is 6.03 Å². The SMILES string of the molecule is CN1C(=O)NC2NCNC(Cl)C21. The highest BCUT2D eigenvalue weighted by molar-refractivity contribution is 6.21. The monoisotopic (exact) mass is 190 g/mol. The molecule has 3 unspecified atom stereocenters. The first-order chi connectivity index (χ1) is 5.70. The molecule has 0 aromatic carbocycles. The Balaban J connectivity index is 2.17. The zero-order chi connectivity index (χ0) is 8.72. The van der Waals surface area contributed by atoms with Gasteiger partial charge in [-0.2, -0.15) is 0 Å². The third kappa shape index (κ3) is 1.05. The van der Waals surface area contributed by atoms with Gasteiger partial charge in [0.2, 0.25) is 0 Å². The van der Waals surface area contributed by atoms with Gasteiger partial charge in [0.15, 0.2) is 0 Å². The second-order valence-electron chi connectivity index (χ2n) is 3.02. The summed E-state index contributed by atoms with van der Waals surface area (Å²) in [5.41, 5.74) is -0.180. The van der Waals surface area contributed by atoms with Gasteiger partial charge in [0.25, 0.3) is 0 Å². The summed E-state index contributed by atoms with van der Waals surface area (Å²) in [5, 5.41) is 8.92. The maximum Gasteiger partial charge on any atom is 0.318 e. The van der Waals surface area contributed by atoms with Crippen molar-refractivity contribution >= 4 is 17.6 Å². The highest BCUT2D eigenvalue weighted by Crippen LogP contribution is 2.17. The van der Waals surface area contributed by atoms with Gasteiger partial charge in [0.1, 0.15) is 11.7 Å². The van der Waals surface area contributed by atoms with E-state index in [0.717, 1.165) is 0 Å². The summed E-state index contributed by atoms with van der Waals surface area (Å²) in [5.74, 6) is 0. The number of amides is 2. The zero-order valence-electron chi connectivity index (χ0n) is 6.67. The van der Waals surface area contributed by atoms with Crippen molar-refractivity contribution in [1.29, 1.82) is 0 Å². The number of carbonyl (C=O) groups is 1. The quantitative estimate of drug-likeness (QED) is 0.341. The van der Waals surface area contributed by atoms with Gasteiger partial charge in [0, 0.05) is 13.7 Å². The molecular formula is C6H11ClN4O. The van der Waals surface area contributed by atoms with Crippen molar-refractivity contribution in [2.24, 2.45) is 0 Å². The Labute approximate surface area is 75.4 Å². The van der Waals surface area contributed by atoms with Crippen molar-refractivity contribution in [3.63, 3.8) is 0 Å². The first-order valence-corrected chi connectivity index (χ1v) is 4.28. The molecule has 0 aromatic heterocycles. The maximum atomic E-state index is 11.2. The van der Waals surface area contributed by atoms with Gasteiger partial charge in [-0.05, 0) is 0 Å². The van der Waals surface area contributed by atoms with E-state index in [-0.39, 0.29) is 23.7 Å². The molecule has 0 aliphatic carbocycles. The number of alkyl halides is 1. The summed E-state index contributed by atoms with van der Waals surface area (Å²) >= 11 is 5.99. The molecule has 3 N–H and O–H groups in total. The number of likely N-dealkylation sites (N-methyl/N-ethyl adjacent to an activating group) is 1. The van der Waals surface area contributed by atoms with E-state index in [4.69, 9.17) is 11.6 Å². The molecule has 0 spiro atoms. The van der Waals surface area contributed by atoms with E-state index >= 15 is 0 Å². The molecule has 2 heterocycles. The summed E-state index contributed by atoms with van der Waals surface area (Å²) in [7, 11) is 1.74. The third-order valence-corrected chi connectivity index (χ3v) is 2.72. The highest BCUT2D eigenvalue weighted by Gasteiger charge is 2.43. The van der Waals surface area contributed by atoms with E-state index in [1.807, 2.05) is 0 Å². The third-order valence-electron chi connectivity index (χ3n) is 2.31. The van der Waals surface area contributed by atoms with E-state index in [2.05, 4.69) is 16.0 Å². The van der Waals surface area contributed by atoms with Crippen molar-refractivity contribution < 1.29 is 4.79 Å². The summed E-state index contributed by atoms with van der Waals surface area (Å²) in [6.45, 7) is 0.628. The zero-order valence-corrected chi connectivity index (χ0v) is 7.43. The first-order valence-electron chi connectivity index (χ1n) is 3.84. The molecule has 2 amide bonds. The van der Waals surface area contributed by atoms with Crippen molar-refractivity contribution in [2.75, 3.05) is 13.7 Å². The first kappa shape index (κ1) is 8.10. The Morgan fingerprint density at radius 3 is 3.00 bits per heavy atom. The molecule has 0 radical (unpaired) electrons. The van der Waals surface area contributed by atoms with Crippen LogP contribution in [0.5, 0.6) is 0 Å². The summed E-state index contributed by atoms with van der Waals surface area (Å²) in [6, 6.07) is -0.0835. The van der Waals surface area contributed by atoms with Crippen LogP contribution in [0.3, 0.4) is 0 Å². The number of halogens is 1. The molecular weight excluding hydrogens is 180 g/mol. The van der Waals surface area contributed by atoms with Crippen molar-refractivity contribution in [2.45, 2.75) is 17.7 Å². The number of nitrogens with one attached hydrogen (secondary N) is 3. The fraction of sp³-hybridized carbons (Fsp3) is 0.833. The number of hydrogen-bond acceptors (Lipinski definition) is 3. The van der Waals surface area contributed by atoms with Gasteiger partial charge < -0.3 is 10.2 Å². The second kappa shape index (κ2) is 2.76. The number of rotatable bonds is 0. The molecule has 0 saturated carbocycles. The van der Waals surface area contributed by atoms with E-state index in [1.54, 1.807) is 11.9 Å². The Bertz CT molecular complexity index is 212. The van der Waals surface area contributed by atoms with Crippen molar-refractivity contribution in [3.8, 4) is 0 Å². The lowest BCUT2D eigenvalue weighted by Gasteiger charge is -2.33. The minimum Gasteiger partial charge on any atom is -0.320 e. The molecule has 2 fully saturated rings. The second-order valence-corrected chi connectivity index (χ2v) is 3.49. The molecule has 6 heteroatoms. The van der Waals surface area contributed by atoms with Crippen molar-refractivity contribution in [3.05, 3.63) is 0 Å². The molecule has 2 aliphatic heterocycles. The largest absolute Gasteiger partial charge is 0.320 e. The molecule has 3 atom stereocenters. The van der Waals surface area contributed by atoms with Crippen LogP contribution in [0.25, 0.3) is 0 Å². The van der Waals surface area contributed by atoms with E-state index in [9.17, 15) is 4.79 Å². The Kier molecular flexibility index (Phi) is 1.86. The van der Waals surface area contributed by atoms with Crippen LogP contribution < -0.4 is 16.0 Å².